The highest BCUT2D eigenvalue weighted by atomic mass is 16.2. The Labute approximate surface area is 59.8 Å². The molecule has 1 rings (SSSR count). The summed E-state index contributed by atoms with van der Waals surface area (Å²) < 4.78 is 0. The molecule has 1 aliphatic heterocycles. The molecule has 10 heavy (non-hydrogen) atoms. The summed E-state index contributed by atoms with van der Waals surface area (Å²) in [5, 5.41) is 2.66. The number of nitrogens with one attached hydrogen (secondary N) is 1. The van der Waals surface area contributed by atoms with Gasteiger partial charge in [-0.25, -0.2) is 0 Å². The summed E-state index contributed by atoms with van der Waals surface area (Å²) in [7, 11) is 0. The van der Waals surface area contributed by atoms with Crippen LogP contribution in [0.5, 0.6) is 0 Å². The molecular formula is C7H11NO2. The average Bonchev–Trinajstić information content (AvgIpc) is 1.83. The fraction of sp³-hybridized carbons (Fsp3) is 0.714. The van der Waals surface area contributed by atoms with E-state index in [0.717, 1.165) is 19.4 Å². The van der Waals surface area contributed by atoms with Crippen molar-refractivity contribution >= 4 is 11.7 Å². The Morgan fingerprint density at radius 3 is 2.80 bits per heavy atom. The predicted octanol–water partition coefficient (Wildman–Crippen LogP) is 0.246. The van der Waals surface area contributed by atoms with Crippen LogP contribution in [0.2, 0.25) is 0 Å². The zero-order chi connectivity index (χ0) is 7.40. The monoisotopic (exact) mass is 141 g/mol. The van der Waals surface area contributed by atoms with Crippen LogP contribution in [0.25, 0.3) is 0 Å². The number of rotatable bonds is 0. The van der Waals surface area contributed by atoms with Crippen molar-refractivity contribution in [2.45, 2.75) is 25.7 Å². The first-order valence-corrected chi connectivity index (χ1v) is 3.57. The third kappa shape index (κ3) is 2.17. The quantitative estimate of drug-likeness (QED) is 0.491. The molecule has 3 nitrogen and oxygen atoms in total. The zero-order valence-corrected chi connectivity index (χ0v) is 5.85. The van der Waals surface area contributed by atoms with Crippen molar-refractivity contribution in [3.63, 3.8) is 0 Å². The van der Waals surface area contributed by atoms with Gasteiger partial charge in [-0.2, -0.15) is 0 Å². The molecule has 1 amide bonds. The minimum absolute atomic E-state index is 0.0669. The van der Waals surface area contributed by atoms with E-state index in [2.05, 4.69) is 5.32 Å². The number of amides is 1. The average molecular weight is 141 g/mol. The highest BCUT2D eigenvalue weighted by Gasteiger charge is 2.10. The van der Waals surface area contributed by atoms with Gasteiger partial charge in [0.05, 0.1) is 6.42 Å². The van der Waals surface area contributed by atoms with E-state index in [-0.39, 0.29) is 18.1 Å². The van der Waals surface area contributed by atoms with E-state index in [1.165, 1.54) is 0 Å². The van der Waals surface area contributed by atoms with Crippen LogP contribution in [0.15, 0.2) is 0 Å². The third-order valence-electron chi connectivity index (χ3n) is 1.56. The number of ketones is 1. The molecule has 3 heteroatoms. The molecule has 0 aromatic carbocycles. The first kappa shape index (κ1) is 7.25. The summed E-state index contributed by atoms with van der Waals surface area (Å²) >= 11 is 0. The highest BCUT2D eigenvalue weighted by molar-refractivity contribution is 5.98. The molecule has 0 aliphatic carbocycles. The van der Waals surface area contributed by atoms with Crippen molar-refractivity contribution in [2.24, 2.45) is 0 Å². The van der Waals surface area contributed by atoms with Crippen LogP contribution >= 0.6 is 0 Å². The van der Waals surface area contributed by atoms with Gasteiger partial charge in [-0.3, -0.25) is 9.59 Å². The molecule has 0 aromatic heterocycles. The molecule has 0 spiro atoms. The van der Waals surface area contributed by atoms with Gasteiger partial charge in [-0.1, -0.05) is 0 Å². The summed E-state index contributed by atoms with van der Waals surface area (Å²) in [4.78, 5) is 21.5. The van der Waals surface area contributed by atoms with Gasteiger partial charge < -0.3 is 5.32 Å². The maximum atomic E-state index is 10.8. The first-order chi connectivity index (χ1) is 4.79. The lowest BCUT2D eigenvalue weighted by molar-refractivity contribution is -0.128. The number of carbonyl (C=O) groups excluding carboxylic acids is 2. The summed E-state index contributed by atoms with van der Waals surface area (Å²) in [5.41, 5.74) is 0. The van der Waals surface area contributed by atoms with E-state index in [9.17, 15) is 9.59 Å². The molecular weight excluding hydrogens is 130 g/mol. The minimum Gasteiger partial charge on any atom is -0.356 e. The van der Waals surface area contributed by atoms with Gasteiger partial charge in [0.15, 0.2) is 0 Å². The van der Waals surface area contributed by atoms with Crippen LogP contribution in [0, 0.1) is 0 Å². The van der Waals surface area contributed by atoms with Crippen LogP contribution in [0.1, 0.15) is 25.7 Å². The van der Waals surface area contributed by atoms with E-state index in [4.69, 9.17) is 0 Å². The summed E-state index contributed by atoms with van der Waals surface area (Å²) in [6, 6.07) is 0. The van der Waals surface area contributed by atoms with Gasteiger partial charge in [0.1, 0.15) is 5.78 Å². The van der Waals surface area contributed by atoms with Gasteiger partial charge in [0.25, 0.3) is 0 Å². The molecule has 1 heterocycles. The van der Waals surface area contributed by atoms with Crippen molar-refractivity contribution in [1.82, 2.24) is 5.32 Å². The second-order valence-corrected chi connectivity index (χ2v) is 2.52. The molecule has 0 atom stereocenters. The van der Waals surface area contributed by atoms with Crippen molar-refractivity contribution in [3.05, 3.63) is 0 Å². The van der Waals surface area contributed by atoms with E-state index < -0.39 is 0 Å². The highest BCUT2D eigenvalue weighted by Crippen LogP contribution is 2.01. The van der Waals surface area contributed by atoms with Gasteiger partial charge in [-0.15, -0.1) is 0 Å². The van der Waals surface area contributed by atoms with Crippen molar-refractivity contribution in [2.75, 3.05) is 6.54 Å². The number of Topliss-reactive ketones (excluding diaryl/α,β-unsaturated/α-hetero) is 1. The Hall–Kier alpha value is -0.860. The van der Waals surface area contributed by atoms with Crippen LogP contribution in [-0.2, 0) is 9.59 Å². The lowest BCUT2D eigenvalue weighted by Crippen LogP contribution is -2.28. The van der Waals surface area contributed by atoms with Gasteiger partial charge >= 0.3 is 0 Å². The van der Waals surface area contributed by atoms with Crippen LogP contribution < -0.4 is 5.32 Å². The lowest BCUT2D eigenvalue weighted by Gasteiger charge is -2.07. The molecule has 1 saturated heterocycles. The van der Waals surface area contributed by atoms with Crippen molar-refractivity contribution in [1.29, 1.82) is 0 Å². The molecule has 0 aromatic rings. The summed E-state index contributed by atoms with van der Waals surface area (Å²) in [5.74, 6) is -0.0538. The Kier molecular flexibility index (Phi) is 2.42. The van der Waals surface area contributed by atoms with E-state index >= 15 is 0 Å². The predicted molar refractivity (Wildman–Crippen MR) is 36.5 cm³/mol. The van der Waals surface area contributed by atoms with Crippen LogP contribution in [0.4, 0.5) is 0 Å². The molecule has 1 N–H and O–H groups in total. The molecule has 0 bridgehead atoms. The Morgan fingerprint density at radius 2 is 2.00 bits per heavy atom. The first-order valence-electron chi connectivity index (χ1n) is 3.57. The minimum atomic E-state index is -0.121. The normalized spacial score (nSPS) is 21.2. The number of hydrogen-bond donors (Lipinski definition) is 1. The molecule has 56 valence electrons. The molecule has 0 radical (unpaired) electrons. The molecule has 0 unspecified atom stereocenters. The van der Waals surface area contributed by atoms with Crippen molar-refractivity contribution < 1.29 is 9.59 Å². The van der Waals surface area contributed by atoms with E-state index in [1.807, 2.05) is 0 Å². The van der Waals surface area contributed by atoms with E-state index in [1.54, 1.807) is 0 Å². The molecule has 1 fully saturated rings. The number of hydrogen-bond acceptors (Lipinski definition) is 2. The molecule has 0 saturated carbocycles. The Bertz CT molecular complexity index is 138. The van der Waals surface area contributed by atoms with Crippen LogP contribution in [-0.4, -0.2) is 18.2 Å². The SMILES string of the molecule is O=C1CCCCNC(=O)C1. The maximum absolute atomic E-state index is 10.8. The topological polar surface area (TPSA) is 46.2 Å². The molecule has 1 aliphatic rings. The van der Waals surface area contributed by atoms with Crippen LogP contribution in [0.3, 0.4) is 0 Å². The zero-order valence-electron chi connectivity index (χ0n) is 5.85. The maximum Gasteiger partial charge on any atom is 0.227 e. The number of carbonyl (C=O) groups is 2. The Balaban J connectivity index is 2.40. The summed E-state index contributed by atoms with van der Waals surface area (Å²) in [6.07, 6.45) is 2.50. The smallest absolute Gasteiger partial charge is 0.227 e. The van der Waals surface area contributed by atoms with Gasteiger partial charge in [0.2, 0.25) is 5.91 Å². The summed E-state index contributed by atoms with van der Waals surface area (Å²) in [6.45, 7) is 0.728. The standard InChI is InChI=1S/C7H11NO2/c9-6-3-1-2-4-8-7(10)5-6/h1-5H2,(H,8,10). The Morgan fingerprint density at radius 1 is 1.20 bits per heavy atom. The van der Waals surface area contributed by atoms with Gasteiger partial charge in [-0.05, 0) is 12.8 Å². The fourth-order valence-corrected chi connectivity index (χ4v) is 1.00. The second-order valence-electron chi connectivity index (χ2n) is 2.52. The second kappa shape index (κ2) is 3.34. The largest absolute Gasteiger partial charge is 0.356 e. The van der Waals surface area contributed by atoms with Gasteiger partial charge in [0, 0.05) is 13.0 Å². The third-order valence-corrected chi connectivity index (χ3v) is 1.56. The fourth-order valence-electron chi connectivity index (χ4n) is 1.00. The lowest BCUT2D eigenvalue weighted by atomic mass is 10.1. The van der Waals surface area contributed by atoms with E-state index in [0.29, 0.717) is 6.42 Å². The van der Waals surface area contributed by atoms with Crippen molar-refractivity contribution in [3.8, 4) is 0 Å².